The van der Waals surface area contributed by atoms with Crippen LogP contribution in [0, 0.1) is 23.3 Å². The zero-order valence-electron chi connectivity index (χ0n) is 31.2. The number of fused-ring (bicyclic) bond motifs is 4. The molecule has 263 valence electrons. The van der Waals surface area contributed by atoms with Crippen LogP contribution in [-0.2, 0) is 36.7 Å². The van der Waals surface area contributed by atoms with Crippen LogP contribution in [-0.4, -0.2) is 20.9 Å². The fourth-order valence-electron chi connectivity index (χ4n) is 6.53. The predicted octanol–water partition coefficient (Wildman–Crippen LogP) is 12.2. The van der Waals surface area contributed by atoms with Crippen molar-refractivity contribution >= 4 is 38.2 Å². The first-order chi connectivity index (χ1) is 22.7. The van der Waals surface area contributed by atoms with Crippen molar-refractivity contribution in [3.63, 3.8) is 0 Å². The summed E-state index contributed by atoms with van der Waals surface area (Å²) in [6.07, 6.45) is 7.79. The van der Waals surface area contributed by atoms with Crippen molar-refractivity contribution in [2.24, 2.45) is 17.3 Å². The van der Waals surface area contributed by atoms with Crippen LogP contribution >= 0.6 is 0 Å². The SMILES string of the molecule is CC(C)(C)Cc1ccc2c(ccc3c(-c4[c-]c5ccccc5c(C(C)(C)C)c4)nccc32)n1.CCC(CC)C(=O)/C=C(\O)C(CC)CC.[Ir]. The average Bonchev–Trinajstić information content (AvgIpc) is 3.04. The van der Waals surface area contributed by atoms with Crippen molar-refractivity contribution in [3.05, 3.63) is 96.0 Å². The number of pyridine rings is 2. The topological polar surface area (TPSA) is 63.1 Å². The van der Waals surface area contributed by atoms with Gasteiger partial charge in [0.25, 0.3) is 0 Å². The van der Waals surface area contributed by atoms with Crippen LogP contribution in [0.25, 0.3) is 43.7 Å². The summed E-state index contributed by atoms with van der Waals surface area (Å²) in [7, 11) is 0. The normalized spacial score (nSPS) is 12.4. The summed E-state index contributed by atoms with van der Waals surface area (Å²) in [6.45, 7) is 21.6. The van der Waals surface area contributed by atoms with Crippen LogP contribution in [0.15, 0.2) is 78.7 Å². The quantitative estimate of drug-likeness (QED) is 0.0695. The van der Waals surface area contributed by atoms with E-state index in [1.54, 1.807) is 0 Å². The number of benzene rings is 3. The summed E-state index contributed by atoms with van der Waals surface area (Å²) in [6, 6.07) is 25.3. The molecule has 1 N–H and O–H groups in total. The van der Waals surface area contributed by atoms with Crippen molar-refractivity contribution in [2.45, 2.75) is 107 Å². The molecule has 0 aliphatic rings. The van der Waals surface area contributed by atoms with Gasteiger partial charge in [-0.25, -0.2) is 0 Å². The van der Waals surface area contributed by atoms with Gasteiger partial charge in [0.05, 0.1) is 11.3 Å². The van der Waals surface area contributed by atoms with E-state index in [1.165, 1.54) is 27.8 Å². The summed E-state index contributed by atoms with van der Waals surface area (Å²) >= 11 is 0. The summed E-state index contributed by atoms with van der Waals surface area (Å²) in [5.74, 6) is 0.547. The molecular weight excluding hydrogens is 781 g/mol. The summed E-state index contributed by atoms with van der Waals surface area (Å²) < 4.78 is 0. The Balaban J connectivity index is 0.000000347. The second-order valence-electron chi connectivity index (χ2n) is 15.3. The molecule has 0 saturated carbocycles. The van der Waals surface area contributed by atoms with Crippen molar-refractivity contribution < 1.29 is 30.0 Å². The van der Waals surface area contributed by atoms with Gasteiger partial charge in [0.2, 0.25) is 0 Å². The van der Waals surface area contributed by atoms with Crippen LogP contribution in [0.5, 0.6) is 0 Å². The van der Waals surface area contributed by atoms with Crippen molar-refractivity contribution in [3.8, 4) is 11.3 Å². The first-order valence-corrected chi connectivity index (χ1v) is 17.8. The molecule has 0 fully saturated rings. The minimum atomic E-state index is 0. The number of aromatic nitrogens is 2. The van der Waals surface area contributed by atoms with E-state index in [4.69, 9.17) is 9.97 Å². The van der Waals surface area contributed by atoms with Gasteiger partial charge in [-0.3, -0.25) is 14.8 Å². The summed E-state index contributed by atoms with van der Waals surface area (Å²) in [5.41, 5.74) is 5.75. The molecule has 49 heavy (non-hydrogen) atoms. The Morgan fingerprint density at radius 3 is 2.04 bits per heavy atom. The number of rotatable bonds is 9. The molecule has 3 aromatic carbocycles. The summed E-state index contributed by atoms with van der Waals surface area (Å²) in [5, 5.41) is 15.6. The monoisotopic (exact) mass is 836 g/mol. The third kappa shape index (κ3) is 9.86. The molecule has 0 bridgehead atoms. The van der Waals surface area contributed by atoms with Crippen molar-refractivity contribution in [1.82, 2.24) is 9.97 Å². The number of carbonyl (C=O) groups excluding carboxylic acids is 1. The van der Waals surface area contributed by atoms with E-state index >= 15 is 0 Å². The number of allylic oxidation sites excluding steroid dienone is 2. The van der Waals surface area contributed by atoms with E-state index in [1.807, 2.05) is 33.9 Å². The molecule has 0 saturated heterocycles. The first-order valence-electron chi connectivity index (χ1n) is 17.8. The smallest absolute Gasteiger partial charge is 0.162 e. The van der Waals surface area contributed by atoms with Gasteiger partial charge in [-0.05, 0) is 71.9 Å². The largest absolute Gasteiger partial charge is 0.512 e. The van der Waals surface area contributed by atoms with Crippen LogP contribution in [0.1, 0.15) is 106 Å². The molecule has 0 spiro atoms. The maximum absolute atomic E-state index is 11.7. The second-order valence-corrected chi connectivity index (χ2v) is 15.3. The van der Waals surface area contributed by atoms with Gasteiger partial charge in [-0.15, -0.1) is 29.1 Å². The van der Waals surface area contributed by atoms with E-state index < -0.39 is 0 Å². The van der Waals surface area contributed by atoms with Gasteiger partial charge in [0.1, 0.15) is 0 Å². The molecule has 0 unspecified atom stereocenters. The van der Waals surface area contributed by atoms with E-state index in [-0.39, 0.29) is 54.3 Å². The van der Waals surface area contributed by atoms with Crippen LogP contribution in [0.3, 0.4) is 0 Å². The van der Waals surface area contributed by atoms with E-state index in [0.717, 1.165) is 65.3 Å². The number of ketones is 1. The zero-order chi connectivity index (χ0) is 35.2. The standard InChI is InChI=1S/C31H31N2.C13H24O2.Ir/c1-30(2,3)19-22-11-12-25-24-15-16-32-29(26(24)13-14-28(25)33-22)21-17-20-9-7-8-10-23(20)27(18-21)31(4,5)6;1-5-10(6-2)12(14)9-13(15)11(7-3)8-4;/h7-16,18H,19H2,1-6H3;9-11,14H,5-8H2,1-4H3;/q-1;;/b;12-9-;. The fraction of sp³-hybridized carbons (Fsp3) is 0.432. The van der Waals surface area contributed by atoms with Gasteiger partial charge in [-0.2, -0.15) is 0 Å². The number of nitrogens with zero attached hydrogens (tertiary/aromatic N) is 2. The predicted molar refractivity (Wildman–Crippen MR) is 205 cm³/mol. The molecule has 2 heterocycles. The van der Waals surface area contributed by atoms with Crippen molar-refractivity contribution in [2.75, 3.05) is 0 Å². The fourth-order valence-corrected chi connectivity index (χ4v) is 6.53. The minimum absolute atomic E-state index is 0. The molecule has 2 aromatic heterocycles. The molecule has 0 aliphatic heterocycles. The molecule has 5 aromatic rings. The molecule has 4 nitrogen and oxygen atoms in total. The van der Waals surface area contributed by atoms with Crippen molar-refractivity contribution in [1.29, 1.82) is 0 Å². The Hall–Kier alpha value is -3.40. The number of aliphatic hydroxyl groups excluding tert-OH is 1. The Labute approximate surface area is 308 Å². The van der Waals surface area contributed by atoms with Crippen LogP contribution in [0.2, 0.25) is 0 Å². The molecular formula is C44H55IrN2O2-. The summed E-state index contributed by atoms with van der Waals surface area (Å²) in [4.78, 5) is 21.5. The molecule has 0 amide bonds. The van der Waals surface area contributed by atoms with E-state index in [9.17, 15) is 9.90 Å². The first kappa shape index (κ1) is 40.0. The van der Waals surface area contributed by atoms with Gasteiger partial charge >= 0.3 is 0 Å². The van der Waals surface area contributed by atoms with Crippen LogP contribution in [0.4, 0.5) is 0 Å². The maximum Gasteiger partial charge on any atom is 0.162 e. The van der Waals surface area contributed by atoms with Gasteiger partial charge in [0.15, 0.2) is 5.78 Å². The zero-order valence-corrected chi connectivity index (χ0v) is 33.6. The van der Waals surface area contributed by atoms with Gasteiger partial charge in [0, 0.05) is 61.0 Å². The molecule has 0 atom stereocenters. The number of carbonyl (C=O) groups is 1. The third-order valence-corrected chi connectivity index (χ3v) is 9.30. The molecule has 1 radical (unpaired) electrons. The molecule has 0 aliphatic carbocycles. The minimum Gasteiger partial charge on any atom is -0.512 e. The van der Waals surface area contributed by atoms with Gasteiger partial charge in [-0.1, -0.05) is 111 Å². The number of hydrogen-bond acceptors (Lipinski definition) is 4. The second kappa shape index (κ2) is 17.0. The Morgan fingerprint density at radius 1 is 0.796 bits per heavy atom. The average molecular weight is 836 g/mol. The van der Waals surface area contributed by atoms with Crippen LogP contribution < -0.4 is 0 Å². The van der Waals surface area contributed by atoms with E-state index in [0.29, 0.717) is 0 Å². The molecule has 5 heteroatoms. The molecule has 5 rings (SSSR count). The maximum atomic E-state index is 11.7. The Morgan fingerprint density at radius 2 is 1.43 bits per heavy atom. The van der Waals surface area contributed by atoms with E-state index in [2.05, 4.69) is 108 Å². The Kier molecular flexibility index (Phi) is 13.9. The Bertz CT molecular complexity index is 1900. The number of aliphatic hydroxyl groups is 1. The van der Waals surface area contributed by atoms with Gasteiger partial charge < -0.3 is 5.11 Å². The third-order valence-electron chi connectivity index (χ3n) is 9.30. The number of hydrogen-bond donors (Lipinski definition) is 1.